The van der Waals surface area contributed by atoms with Gasteiger partial charge in [-0.05, 0) is 76.9 Å². The molecule has 2 unspecified atom stereocenters. The Kier molecular flexibility index (Phi) is 10.5. The molecule has 0 saturated heterocycles. The molecule has 218 valence electrons. The van der Waals surface area contributed by atoms with Crippen molar-refractivity contribution in [2.45, 2.75) is 71.7 Å². The predicted octanol–water partition coefficient (Wildman–Crippen LogP) is 6.06. The zero-order valence-electron chi connectivity index (χ0n) is 24.9. The monoisotopic (exact) mass is 559 g/mol. The van der Waals surface area contributed by atoms with Gasteiger partial charge in [0.2, 0.25) is 5.91 Å². The Morgan fingerprint density at radius 1 is 0.878 bits per heavy atom. The molecule has 41 heavy (non-hydrogen) atoms. The van der Waals surface area contributed by atoms with Crippen LogP contribution in [0.5, 0.6) is 5.75 Å². The number of nitrogens with one attached hydrogen (secondary N) is 2. The maximum atomic E-state index is 14.4. The third kappa shape index (κ3) is 9.10. The van der Waals surface area contributed by atoms with Crippen molar-refractivity contribution < 1.29 is 23.9 Å². The average Bonchev–Trinajstić information content (AvgIpc) is 2.91. The number of aryl methyl sites for hydroxylation is 1. The third-order valence-electron chi connectivity index (χ3n) is 6.36. The van der Waals surface area contributed by atoms with Crippen LogP contribution in [0.4, 0.5) is 10.5 Å². The molecule has 0 aliphatic carbocycles. The quantitative estimate of drug-likeness (QED) is 0.315. The molecule has 3 aromatic carbocycles. The number of hydrogen-bond acceptors (Lipinski definition) is 5. The Morgan fingerprint density at radius 2 is 1.49 bits per heavy atom. The minimum Gasteiger partial charge on any atom is -0.497 e. The summed E-state index contributed by atoms with van der Waals surface area (Å²) in [6, 6.07) is 21.6. The lowest BCUT2D eigenvalue weighted by Gasteiger charge is -2.37. The highest BCUT2D eigenvalue weighted by molar-refractivity contribution is 5.99. The van der Waals surface area contributed by atoms with Crippen LogP contribution in [0.3, 0.4) is 0 Å². The van der Waals surface area contributed by atoms with Crippen molar-refractivity contribution in [3.8, 4) is 5.75 Å². The lowest BCUT2D eigenvalue weighted by Crippen LogP contribution is -2.55. The largest absolute Gasteiger partial charge is 0.497 e. The molecule has 0 saturated carbocycles. The summed E-state index contributed by atoms with van der Waals surface area (Å²) in [5.41, 5.74) is 2.36. The van der Waals surface area contributed by atoms with Crippen molar-refractivity contribution in [2.24, 2.45) is 0 Å². The van der Waals surface area contributed by atoms with Crippen molar-refractivity contribution in [1.82, 2.24) is 10.2 Å². The van der Waals surface area contributed by atoms with E-state index in [1.54, 1.807) is 52.1 Å². The number of hydrogen-bond donors (Lipinski definition) is 2. The van der Waals surface area contributed by atoms with Gasteiger partial charge in [-0.3, -0.25) is 9.59 Å². The average molecular weight is 560 g/mol. The van der Waals surface area contributed by atoms with Gasteiger partial charge in [-0.1, -0.05) is 60.2 Å². The Balaban J connectivity index is 2.02. The number of carbonyl (C=O) groups is 3. The molecule has 0 aliphatic rings. The van der Waals surface area contributed by atoms with Crippen molar-refractivity contribution in [2.75, 3.05) is 12.4 Å². The molecule has 0 spiro atoms. The van der Waals surface area contributed by atoms with Crippen molar-refractivity contribution >= 4 is 23.6 Å². The summed E-state index contributed by atoms with van der Waals surface area (Å²) < 4.78 is 10.7. The van der Waals surface area contributed by atoms with E-state index < -0.39 is 29.7 Å². The standard InChI is InChI=1S/C33H41N3O5/c1-22(2)36(31(38)28(21-24-11-9-8-10-12-24)35-32(39)41-33(4,5)6)29(25-15-13-23(3)14-16-25)30(37)34-26-17-19-27(40-7)20-18-26/h8-20,22,28-29H,21H2,1-7H3,(H,34,37)(H,35,39). The topological polar surface area (TPSA) is 97.0 Å². The molecule has 3 rings (SSSR count). The van der Waals surface area contributed by atoms with Gasteiger partial charge in [-0.2, -0.15) is 0 Å². The summed E-state index contributed by atoms with van der Waals surface area (Å²) >= 11 is 0. The minimum atomic E-state index is -0.976. The number of amides is 3. The number of rotatable bonds is 10. The molecule has 2 N–H and O–H groups in total. The number of methoxy groups -OCH3 is 1. The SMILES string of the molecule is COc1ccc(NC(=O)C(c2ccc(C)cc2)N(C(=O)C(Cc2ccccc2)NC(=O)OC(C)(C)C)C(C)C)cc1. The molecule has 0 radical (unpaired) electrons. The molecule has 0 heterocycles. The molecule has 2 atom stereocenters. The van der Waals surface area contributed by atoms with Crippen LogP contribution in [0, 0.1) is 6.92 Å². The molecule has 3 aromatic rings. The van der Waals surface area contributed by atoms with E-state index >= 15 is 0 Å². The first kappa shape index (κ1) is 31.2. The fourth-order valence-electron chi connectivity index (χ4n) is 4.43. The van der Waals surface area contributed by atoms with Crippen LogP contribution < -0.4 is 15.4 Å². The maximum absolute atomic E-state index is 14.4. The van der Waals surface area contributed by atoms with Gasteiger partial charge in [0.1, 0.15) is 23.4 Å². The van der Waals surface area contributed by atoms with Crippen LogP contribution in [0.1, 0.15) is 57.4 Å². The maximum Gasteiger partial charge on any atom is 0.408 e. The van der Waals surface area contributed by atoms with Crippen molar-refractivity contribution in [1.29, 1.82) is 0 Å². The van der Waals surface area contributed by atoms with Crippen LogP contribution >= 0.6 is 0 Å². The Hall–Kier alpha value is -4.33. The summed E-state index contributed by atoms with van der Waals surface area (Å²) in [6.07, 6.45) is -0.479. The van der Waals surface area contributed by atoms with Gasteiger partial charge in [0.05, 0.1) is 7.11 Å². The predicted molar refractivity (Wildman–Crippen MR) is 161 cm³/mol. The lowest BCUT2D eigenvalue weighted by atomic mass is 9.98. The van der Waals surface area contributed by atoms with Crippen molar-refractivity contribution in [3.63, 3.8) is 0 Å². The van der Waals surface area contributed by atoms with E-state index in [0.717, 1.165) is 11.1 Å². The van der Waals surface area contributed by atoms with Crippen LogP contribution in [0.15, 0.2) is 78.9 Å². The van der Waals surface area contributed by atoms with E-state index in [4.69, 9.17) is 9.47 Å². The molecule has 3 amide bonds. The minimum absolute atomic E-state index is 0.225. The first-order chi connectivity index (χ1) is 19.4. The summed E-state index contributed by atoms with van der Waals surface area (Å²) in [7, 11) is 1.57. The molecule has 0 aromatic heterocycles. The molecule has 0 aliphatic heterocycles. The van der Waals surface area contributed by atoms with E-state index in [-0.39, 0.29) is 18.4 Å². The second-order valence-corrected chi connectivity index (χ2v) is 11.3. The molecule has 0 bridgehead atoms. The summed E-state index contributed by atoms with van der Waals surface area (Å²) in [5, 5.41) is 5.73. The Bertz CT molecular complexity index is 1300. The van der Waals surface area contributed by atoms with Gasteiger partial charge in [0, 0.05) is 18.2 Å². The van der Waals surface area contributed by atoms with Gasteiger partial charge < -0.3 is 25.0 Å². The first-order valence-electron chi connectivity index (χ1n) is 13.7. The Labute approximate surface area is 243 Å². The summed E-state index contributed by atoms with van der Waals surface area (Å²) in [4.78, 5) is 42.7. The van der Waals surface area contributed by atoms with E-state index in [9.17, 15) is 14.4 Å². The summed E-state index contributed by atoms with van der Waals surface area (Å²) in [6.45, 7) is 11.0. The summed E-state index contributed by atoms with van der Waals surface area (Å²) in [5.74, 6) is -0.115. The highest BCUT2D eigenvalue weighted by Gasteiger charge is 2.38. The first-order valence-corrected chi connectivity index (χ1v) is 13.7. The highest BCUT2D eigenvalue weighted by atomic mass is 16.6. The third-order valence-corrected chi connectivity index (χ3v) is 6.36. The number of ether oxygens (including phenoxy) is 2. The second-order valence-electron chi connectivity index (χ2n) is 11.3. The van der Waals surface area contributed by atoms with Gasteiger partial charge in [-0.25, -0.2) is 4.79 Å². The highest BCUT2D eigenvalue weighted by Crippen LogP contribution is 2.28. The van der Waals surface area contributed by atoms with E-state index in [0.29, 0.717) is 17.0 Å². The zero-order chi connectivity index (χ0) is 30.2. The van der Waals surface area contributed by atoms with Crippen LogP contribution in [-0.2, 0) is 20.7 Å². The van der Waals surface area contributed by atoms with E-state index in [1.165, 1.54) is 4.90 Å². The van der Waals surface area contributed by atoms with Gasteiger partial charge in [0.25, 0.3) is 5.91 Å². The number of nitrogens with zero attached hydrogens (tertiary/aromatic N) is 1. The van der Waals surface area contributed by atoms with Crippen molar-refractivity contribution in [3.05, 3.63) is 95.6 Å². The molecule has 8 heteroatoms. The fraction of sp³-hybridized carbons (Fsp3) is 0.364. The number of anilines is 1. The zero-order valence-corrected chi connectivity index (χ0v) is 24.9. The van der Waals surface area contributed by atoms with Crippen LogP contribution in [-0.4, -0.2) is 47.6 Å². The number of carbonyl (C=O) groups excluding carboxylic acids is 3. The molecular formula is C33H41N3O5. The molecular weight excluding hydrogens is 518 g/mol. The smallest absolute Gasteiger partial charge is 0.408 e. The van der Waals surface area contributed by atoms with Gasteiger partial charge in [0.15, 0.2) is 0 Å². The van der Waals surface area contributed by atoms with Gasteiger partial charge in [-0.15, -0.1) is 0 Å². The van der Waals surface area contributed by atoms with E-state index in [2.05, 4.69) is 10.6 Å². The molecule has 0 fully saturated rings. The number of benzene rings is 3. The number of alkyl carbamates (subject to hydrolysis) is 1. The normalized spacial score (nSPS) is 12.7. The molecule has 8 nitrogen and oxygen atoms in total. The second kappa shape index (κ2) is 13.8. The van der Waals surface area contributed by atoms with Crippen LogP contribution in [0.25, 0.3) is 0 Å². The Morgan fingerprint density at radius 3 is 2.02 bits per heavy atom. The van der Waals surface area contributed by atoms with Crippen LogP contribution in [0.2, 0.25) is 0 Å². The lowest BCUT2D eigenvalue weighted by molar-refractivity contribution is -0.142. The van der Waals surface area contributed by atoms with Gasteiger partial charge >= 0.3 is 6.09 Å². The van der Waals surface area contributed by atoms with E-state index in [1.807, 2.05) is 75.4 Å². The fourth-order valence-corrected chi connectivity index (χ4v) is 4.43.